The van der Waals surface area contributed by atoms with Gasteiger partial charge in [-0.3, -0.25) is 9.59 Å². The molecular weight excluding hydrogens is 461 g/mol. The molecule has 1 aliphatic heterocycles. The number of methoxy groups -OCH3 is 1. The number of carbonyl (C=O) groups excluding carboxylic acids is 2. The Hall–Kier alpha value is -4.11. The lowest BCUT2D eigenvalue weighted by molar-refractivity contribution is -0.142. The third-order valence-electron chi connectivity index (χ3n) is 5.44. The number of amides is 1. The van der Waals surface area contributed by atoms with E-state index >= 15 is 0 Å². The van der Waals surface area contributed by atoms with E-state index in [1.165, 1.54) is 37.5 Å². The van der Waals surface area contributed by atoms with Crippen molar-refractivity contribution in [3.63, 3.8) is 0 Å². The number of esters is 1. The molecule has 180 valence electrons. The highest BCUT2D eigenvalue weighted by Crippen LogP contribution is 2.40. The van der Waals surface area contributed by atoms with Gasteiger partial charge < -0.3 is 20.5 Å². The first-order valence-electron chi connectivity index (χ1n) is 10.6. The molecule has 3 aromatic carbocycles. The van der Waals surface area contributed by atoms with E-state index in [4.69, 9.17) is 10.5 Å². The smallest absolute Gasteiger partial charge is 0.420 e. The fourth-order valence-electron chi connectivity index (χ4n) is 3.71. The summed E-state index contributed by atoms with van der Waals surface area (Å²) in [6, 6.07) is 15.9. The molecular formula is C26H21F3N2O4. The maximum absolute atomic E-state index is 13.8. The Morgan fingerprint density at radius 1 is 1.09 bits per heavy atom. The number of alkyl halides is 3. The van der Waals surface area contributed by atoms with Crippen LogP contribution in [-0.2, 0) is 26.9 Å². The molecule has 1 atom stereocenters. The summed E-state index contributed by atoms with van der Waals surface area (Å²) < 4.78 is 51.6. The molecule has 0 spiro atoms. The van der Waals surface area contributed by atoms with E-state index in [0.29, 0.717) is 16.8 Å². The SMILES string of the molecule is COC(=O)[C@@H](N)Cc1ccc(Oc2ccc(/C=C3/C(=O)Nc4ccccc43)cc2C(F)(F)F)cc1. The van der Waals surface area contributed by atoms with E-state index < -0.39 is 23.8 Å². The summed E-state index contributed by atoms with van der Waals surface area (Å²) in [6.45, 7) is 0. The van der Waals surface area contributed by atoms with Crippen LogP contribution in [0.1, 0.15) is 22.3 Å². The summed E-state index contributed by atoms with van der Waals surface area (Å²) in [4.78, 5) is 23.8. The molecule has 0 saturated heterocycles. The van der Waals surface area contributed by atoms with E-state index in [-0.39, 0.29) is 35.0 Å². The summed E-state index contributed by atoms with van der Waals surface area (Å²) in [6.07, 6.45) is -3.06. The molecule has 4 rings (SSSR count). The molecule has 3 aromatic rings. The summed E-state index contributed by atoms with van der Waals surface area (Å²) in [5.74, 6) is -1.14. The lowest BCUT2D eigenvalue weighted by Crippen LogP contribution is -2.33. The van der Waals surface area contributed by atoms with Crippen LogP contribution in [0.25, 0.3) is 11.6 Å². The van der Waals surface area contributed by atoms with Gasteiger partial charge in [0.25, 0.3) is 5.91 Å². The Bertz CT molecular complexity index is 1300. The number of halogens is 3. The Morgan fingerprint density at radius 2 is 1.80 bits per heavy atom. The van der Waals surface area contributed by atoms with Crippen LogP contribution in [0.4, 0.5) is 18.9 Å². The number of para-hydroxylation sites is 1. The van der Waals surface area contributed by atoms with Crippen molar-refractivity contribution in [3.8, 4) is 11.5 Å². The topological polar surface area (TPSA) is 90.7 Å². The van der Waals surface area contributed by atoms with Gasteiger partial charge in [0.05, 0.1) is 12.7 Å². The van der Waals surface area contributed by atoms with E-state index in [0.717, 1.165) is 6.07 Å². The van der Waals surface area contributed by atoms with Crippen molar-refractivity contribution in [2.45, 2.75) is 18.6 Å². The van der Waals surface area contributed by atoms with Crippen molar-refractivity contribution >= 4 is 29.2 Å². The van der Waals surface area contributed by atoms with Gasteiger partial charge in [-0.15, -0.1) is 0 Å². The molecule has 9 heteroatoms. The molecule has 0 aromatic heterocycles. The highest BCUT2D eigenvalue weighted by molar-refractivity contribution is 6.34. The molecule has 0 fully saturated rings. The molecule has 0 aliphatic carbocycles. The van der Waals surface area contributed by atoms with Crippen LogP contribution in [0.3, 0.4) is 0 Å². The molecule has 1 amide bonds. The van der Waals surface area contributed by atoms with Gasteiger partial charge in [-0.1, -0.05) is 36.4 Å². The van der Waals surface area contributed by atoms with Crippen LogP contribution in [0.2, 0.25) is 0 Å². The summed E-state index contributed by atoms with van der Waals surface area (Å²) in [5, 5.41) is 2.69. The number of carbonyl (C=O) groups is 2. The lowest BCUT2D eigenvalue weighted by atomic mass is 10.0. The molecule has 0 unspecified atom stereocenters. The zero-order valence-corrected chi connectivity index (χ0v) is 18.6. The number of fused-ring (bicyclic) bond motifs is 1. The van der Waals surface area contributed by atoms with E-state index in [2.05, 4.69) is 10.1 Å². The average Bonchev–Trinajstić information content (AvgIpc) is 3.14. The first-order valence-corrected chi connectivity index (χ1v) is 10.6. The molecule has 1 aliphatic rings. The second-order valence-electron chi connectivity index (χ2n) is 7.89. The number of nitrogens with two attached hydrogens (primary N) is 1. The quantitative estimate of drug-likeness (QED) is 0.380. The first-order chi connectivity index (χ1) is 16.7. The predicted molar refractivity (Wildman–Crippen MR) is 125 cm³/mol. The minimum atomic E-state index is -4.69. The number of ether oxygens (including phenoxy) is 2. The van der Waals surface area contributed by atoms with Crippen molar-refractivity contribution in [1.82, 2.24) is 0 Å². The third-order valence-corrected chi connectivity index (χ3v) is 5.44. The van der Waals surface area contributed by atoms with Gasteiger partial charge in [-0.05, 0) is 54.0 Å². The Morgan fingerprint density at radius 3 is 2.49 bits per heavy atom. The van der Waals surface area contributed by atoms with Crippen molar-refractivity contribution in [2.75, 3.05) is 12.4 Å². The number of nitrogens with one attached hydrogen (secondary N) is 1. The van der Waals surface area contributed by atoms with Crippen molar-refractivity contribution < 1.29 is 32.2 Å². The summed E-state index contributed by atoms with van der Waals surface area (Å²) >= 11 is 0. The van der Waals surface area contributed by atoms with Crippen molar-refractivity contribution in [3.05, 3.63) is 89.0 Å². The van der Waals surface area contributed by atoms with Crippen LogP contribution < -0.4 is 15.8 Å². The van der Waals surface area contributed by atoms with Crippen LogP contribution in [0, 0.1) is 0 Å². The van der Waals surface area contributed by atoms with Gasteiger partial charge in [-0.25, -0.2) is 0 Å². The number of hydrogen-bond acceptors (Lipinski definition) is 5. The maximum Gasteiger partial charge on any atom is 0.420 e. The summed E-state index contributed by atoms with van der Waals surface area (Å²) in [5.41, 5.74) is 7.18. The first kappa shape index (κ1) is 24.0. The van der Waals surface area contributed by atoms with Crippen LogP contribution >= 0.6 is 0 Å². The molecule has 0 bridgehead atoms. The zero-order valence-electron chi connectivity index (χ0n) is 18.6. The number of anilines is 1. The highest BCUT2D eigenvalue weighted by Gasteiger charge is 2.35. The maximum atomic E-state index is 13.8. The largest absolute Gasteiger partial charge is 0.468 e. The minimum Gasteiger partial charge on any atom is -0.468 e. The molecule has 0 saturated carbocycles. The van der Waals surface area contributed by atoms with Gasteiger partial charge in [0.2, 0.25) is 0 Å². The molecule has 3 N–H and O–H groups in total. The Balaban J connectivity index is 1.59. The van der Waals surface area contributed by atoms with Gasteiger partial charge >= 0.3 is 12.1 Å². The van der Waals surface area contributed by atoms with Crippen molar-refractivity contribution in [2.24, 2.45) is 5.73 Å². The Kier molecular flexibility index (Phi) is 6.61. The number of rotatable bonds is 6. The molecule has 35 heavy (non-hydrogen) atoms. The van der Waals surface area contributed by atoms with Crippen LogP contribution in [0.15, 0.2) is 66.7 Å². The summed E-state index contributed by atoms with van der Waals surface area (Å²) in [7, 11) is 1.24. The van der Waals surface area contributed by atoms with Gasteiger partial charge in [0.1, 0.15) is 17.5 Å². The van der Waals surface area contributed by atoms with Crippen molar-refractivity contribution in [1.29, 1.82) is 0 Å². The second-order valence-corrected chi connectivity index (χ2v) is 7.89. The average molecular weight is 482 g/mol. The van der Waals surface area contributed by atoms with Gasteiger partial charge in [0, 0.05) is 16.8 Å². The lowest BCUT2D eigenvalue weighted by Gasteiger charge is -2.15. The van der Waals surface area contributed by atoms with Crippen LogP contribution in [0.5, 0.6) is 11.5 Å². The van der Waals surface area contributed by atoms with Gasteiger partial charge in [0.15, 0.2) is 0 Å². The zero-order chi connectivity index (χ0) is 25.2. The third kappa shape index (κ3) is 5.36. The van der Waals surface area contributed by atoms with Crippen LogP contribution in [-0.4, -0.2) is 25.0 Å². The fraction of sp³-hybridized carbons (Fsp3) is 0.154. The highest BCUT2D eigenvalue weighted by atomic mass is 19.4. The van der Waals surface area contributed by atoms with Gasteiger partial charge in [-0.2, -0.15) is 13.2 Å². The number of hydrogen-bond donors (Lipinski definition) is 2. The Labute approximate surface area is 199 Å². The van der Waals surface area contributed by atoms with E-state index in [1.807, 2.05) is 0 Å². The fourth-order valence-corrected chi connectivity index (χ4v) is 3.71. The minimum absolute atomic E-state index is 0.182. The second kappa shape index (κ2) is 9.63. The monoisotopic (exact) mass is 482 g/mol. The standard InChI is InChI=1S/C26H21F3N2O4/c1-34-25(33)21(30)14-15-6-9-17(10-7-15)35-23-11-8-16(13-20(23)26(27,28)29)12-19-18-4-2-3-5-22(18)31-24(19)32/h2-13,21H,14,30H2,1H3,(H,31,32)/b19-12+/t21-/m0/s1. The normalized spacial score (nSPS) is 14.9. The van der Waals surface area contributed by atoms with E-state index in [1.54, 1.807) is 36.4 Å². The van der Waals surface area contributed by atoms with E-state index in [9.17, 15) is 22.8 Å². The molecule has 0 radical (unpaired) electrons. The predicted octanol–water partition coefficient (Wildman–Crippen LogP) is 5.03. The number of benzene rings is 3. The molecule has 6 nitrogen and oxygen atoms in total. The molecule has 1 heterocycles.